The lowest BCUT2D eigenvalue weighted by molar-refractivity contribution is -0.163. The van der Waals surface area contributed by atoms with Gasteiger partial charge in [-0.1, -0.05) is 35.9 Å². The third-order valence-electron chi connectivity index (χ3n) is 3.57. The van der Waals surface area contributed by atoms with Gasteiger partial charge < -0.3 is 5.32 Å². The Bertz CT molecular complexity index is 848. The van der Waals surface area contributed by atoms with Crippen molar-refractivity contribution in [2.24, 2.45) is 0 Å². The van der Waals surface area contributed by atoms with Gasteiger partial charge in [-0.3, -0.25) is 4.79 Å². The quantitative estimate of drug-likeness (QED) is 0.802. The van der Waals surface area contributed by atoms with Crippen molar-refractivity contribution in [3.05, 3.63) is 52.9 Å². The molecule has 0 saturated heterocycles. The summed E-state index contributed by atoms with van der Waals surface area (Å²) in [6.45, 7) is 1.01. The maximum absolute atomic E-state index is 13.3. The monoisotopic (exact) mass is 406 g/mol. The van der Waals surface area contributed by atoms with Gasteiger partial charge in [0.15, 0.2) is 6.04 Å². The van der Waals surface area contributed by atoms with E-state index in [9.17, 15) is 26.4 Å². The maximum atomic E-state index is 13.3. The topological polar surface area (TPSA) is 66.5 Å². The predicted octanol–water partition coefficient (Wildman–Crippen LogP) is 3.10. The number of carbonyl (C=O) groups excluding carboxylic acids is 1. The van der Waals surface area contributed by atoms with Crippen LogP contribution in [0.2, 0.25) is 0 Å². The number of benzene rings is 1. The van der Waals surface area contributed by atoms with Gasteiger partial charge in [0.05, 0.1) is 6.54 Å². The molecule has 26 heavy (non-hydrogen) atoms. The van der Waals surface area contributed by atoms with E-state index in [-0.39, 0.29) is 9.77 Å². The van der Waals surface area contributed by atoms with Crippen LogP contribution in [0.3, 0.4) is 0 Å². The SMILES string of the molecule is Cc1ccc([C@@H](NC(=O)CN(C)S(=O)(=O)c2cccs2)C(F)(F)F)cc1. The molecule has 0 unspecified atom stereocenters. The Morgan fingerprint density at radius 2 is 1.85 bits per heavy atom. The summed E-state index contributed by atoms with van der Waals surface area (Å²) in [4.78, 5) is 12.1. The summed E-state index contributed by atoms with van der Waals surface area (Å²) in [7, 11) is -2.78. The first-order chi connectivity index (χ1) is 12.0. The largest absolute Gasteiger partial charge is 0.412 e. The van der Waals surface area contributed by atoms with Crippen molar-refractivity contribution in [1.82, 2.24) is 9.62 Å². The Labute approximate surface area is 153 Å². The smallest absolute Gasteiger partial charge is 0.340 e. The van der Waals surface area contributed by atoms with E-state index in [4.69, 9.17) is 0 Å². The van der Waals surface area contributed by atoms with Crippen molar-refractivity contribution in [2.45, 2.75) is 23.4 Å². The number of sulfonamides is 1. The van der Waals surface area contributed by atoms with Gasteiger partial charge in [-0.15, -0.1) is 11.3 Å². The first-order valence-electron chi connectivity index (χ1n) is 7.44. The number of rotatable bonds is 6. The van der Waals surface area contributed by atoms with Crippen molar-refractivity contribution in [1.29, 1.82) is 0 Å². The average Bonchev–Trinajstić information content (AvgIpc) is 3.07. The Kier molecular flexibility index (Phi) is 6.09. The molecule has 1 atom stereocenters. The lowest BCUT2D eigenvalue weighted by atomic mass is 10.0. The minimum atomic E-state index is -4.71. The van der Waals surface area contributed by atoms with E-state index in [2.05, 4.69) is 0 Å². The first-order valence-corrected chi connectivity index (χ1v) is 9.76. The van der Waals surface area contributed by atoms with Crippen molar-refractivity contribution in [2.75, 3.05) is 13.6 Å². The lowest BCUT2D eigenvalue weighted by Crippen LogP contribution is -2.43. The molecular formula is C16H17F3N2O3S2. The minimum Gasteiger partial charge on any atom is -0.340 e. The van der Waals surface area contributed by atoms with Gasteiger partial charge in [-0.05, 0) is 23.9 Å². The van der Waals surface area contributed by atoms with Gasteiger partial charge in [0.2, 0.25) is 5.91 Å². The molecule has 1 N–H and O–H groups in total. The summed E-state index contributed by atoms with van der Waals surface area (Å²) in [5.74, 6) is -1.05. The summed E-state index contributed by atoms with van der Waals surface area (Å²) >= 11 is 0.960. The van der Waals surface area contributed by atoms with Crippen LogP contribution in [0.5, 0.6) is 0 Å². The average molecular weight is 406 g/mol. The van der Waals surface area contributed by atoms with Crippen LogP contribution in [-0.2, 0) is 14.8 Å². The molecule has 1 aromatic heterocycles. The molecule has 0 aliphatic rings. The van der Waals surface area contributed by atoms with Crippen LogP contribution in [0.1, 0.15) is 17.2 Å². The van der Waals surface area contributed by atoms with Crippen LogP contribution < -0.4 is 5.32 Å². The number of aryl methyl sites for hydroxylation is 1. The Morgan fingerprint density at radius 3 is 2.35 bits per heavy atom. The van der Waals surface area contributed by atoms with Crippen LogP contribution in [0.4, 0.5) is 13.2 Å². The molecule has 0 aliphatic carbocycles. The molecule has 1 aromatic carbocycles. The second-order valence-electron chi connectivity index (χ2n) is 5.65. The van der Waals surface area contributed by atoms with Gasteiger partial charge in [0, 0.05) is 7.05 Å². The molecule has 0 radical (unpaired) electrons. The fraction of sp³-hybridized carbons (Fsp3) is 0.312. The summed E-state index contributed by atoms with van der Waals surface area (Å²) < 4.78 is 65.2. The number of thiophene rings is 1. The van der Waals surface area contributed by atoms with Gasteiger partial charge in [0.1, 0.15) is 4.21 Å². The van der Waals surface area contributed by atoms with Crippen LogP contribution >= 0.6 is 11.3 Å². The number of hydrogen-bond donors (Lipinski definition) is 1. The fourth-order valence-corrected chi connectivity index (χ4v) is 4.50. The second-order valence-corrected chi connectivity index (χ2v) is 8.87. The molecule has 0 spiro atoms. The summed E-state index contributed by atoms with van der Waals surface area (Å²) in [5, 5.41) is 3.43. The summed E-state index contributed by atoms with van der Waals surface area (Å²) in [6.07, 6.45) is -4.71. The Balaban J connectivity index is 2.14. The third kappa shape index (κ3) is 4.83. The molecule has 0 bridgehead atoms. The van der Waals surface area contributed by atoms with Crippen molar-refractivity contribution < 1.29 is 26.4 Å². The zero-order valence-corrected chi connectivity index (χ0v) is 15.6. The molecule has 0 saturated carbocycles. The van der Waals surface area contributed by atoms with Gasteiger partial charge in [0.25, 0.3) is 10.0 Å². The Hall–Kier alpha value is -1.91. The van der Waals surface area contributed by atoms with E-state index in [0.717, 1.165) is 28.3 Å². The number of carbonyl (C=O) groups is 1. The number of nitrogens with one attached hydrogen (secondary N) is 1. The predicted molar refractivity (Wildman–Crippen MR) is 92.3 cm³/mol. The Morgan fingerprint density at radius 1 is 1.23 bits per heavy atom. The van der Waals surface area contributed by atoms with E-state index < -0.39 is 34.7 Å². The summed E-state index contributed by atoms with van der Waals surface area (Å²) in [6, 6.07) is 6.25. The number of nitrogens with zero attached hydrogens (tertiary/aromatic N) is 1. The molecule has 0 fully saturated rings. The molecule has 2 rings (SSSR count). The summed E-state index contributed by atoms with van der Waals surface area (Å²) in [5.41, 5.74) is 0.656. The number of likely N-dealkylation sites (N-methyl/N-ethyl adjacent to an activating group) is 1. The maximum Gasteiger partial charge on any atom is 0.412 e. The number of amides is 1. The van der Waals surface area contributed by atoms with Crippen LogP contribution in [0, 0.1) is 6.92 Å². The fourth-order valence-electron chi connectivity index (χ4n) is 2.17. The number of halogens is 3. The first kappa shape index (κ1) is 20.4. The van der Waals surface area contributed by atoms with Crippen molar-refractivity contribution in [3.63, 3.8) is 0 Å². The van der Waals surface area contributed by atoms with Crippen LogP contribution in [0.25, 0.3) is 0 Å². The lowest BCUT2D eigenvalue weighted by Gasteiger charge is -2.23. The highest BCUT2D eigenvalue weighted by molar-refractivity contribution is 7.91. The van der Waals surface area contributed by atoms with Gasteiger partial charge in [-0.25, -0.2) is 8.42 Å². The van der Waals surface area contributed by atoms with Crippen molar-refractivity contribution in [3.8, 4) is 0 Å². The molecule has 142 valence electrons. The van der Waals surface area contributed by atoms with Gasteiger partial charge in [-0.2, -0.15) is 17.5 Å². The van der Waals surface area contributed by atoms with Crippen LogP contribution in [0.15, 0.2) is 46.0 Å². The normalized spacial score (nSPS) is 13.6. The zero-order valence-electron chi connectivity index (χ0n) is 13.9. The highest BCUT2D eigenvalue weighted by atomic mass is 32.2. The standard InChI is InChI=1S/C16H17F3N2O3S2/c1-11-5-7-12(8-6-11)15(16(17,18)19)20-13(22)10-21(2)26(23,24)14-4-3-9-25-14/h3-9,15H,10H2,1-2H3,(H,20,22)/t15-/m1/s1. The van der Waals surface area contributed by atoms with E-state index >= 15 is 0 Å². The van der Waals surface area contributed by atoms with E-state index in [0.29, 0.717) is 0 Å². The van der Waals surface area contributed by atoms with Gasteiger partial charge >= 0.3 is 6.18 Å². The molecule has 1 heterocycles. The second kappa shape index (κ2) is 7.77. The molecule has 1 amide bonds. The van der Waals surface area contributed by atoms with Crippen LogP contribution in [-0.4, -0.2) is 38.4 Å². The van der Waals surface area contributed by atoms with E-state index in [1.165, 1.54) is 36.4 Å². The highest BCUT2D eigenvalue weighted by Crippen LogP contribution is 2.32. The third-order valence-corrected chi connectivity index (χ3v) is 6.75. The van der Waals surface area contributed by atoms with Crippen molar-refractivity contribution >= 4 is 27.3 Å². The zero-order chi connectivity index (χ0) is 19.5. The molecule has 5 nitrogen and oxygen atoms in total. The molecular weight excluding hydrogens is 389 g/mol. The van der Waals surface area contributed by atoms with E-state index in [1.807, 2.05) is 5.32 Å². The number of hydrogen-bond acceptors (Lipinski definition) is 4. The molecule has 2 aromatic rings. The molecule has 0 aliphatic heterocycles. The molecule has 10 heteroatoms. The number of alkyl halides is 3. The van der Waals surface area contributed by atoms with E-state index in [1.54, 1.807) is 12.3 Å². The highest BCUT2D eigenvalue weighted by Gasteiger charge is 2.42. The minimum absolute atomic E-state index is 0.0127.